The number of pyridine rings is 1. The molecule has 0 saturated carbocycles. The first kappa shape index (κ1) is 20.0. The van der Waals surface area contributed by atoms with Crippen molar-refractivity contribution >= 4 is 32.9 Å². The number of aromatic nitrogens is 3. The third-order valence-corrected chi connectivity index (χ3v) is 5.51. The highest BCUT2D eigenvalue weighted by atomic mass is 79.9. The van der Waals surface area contributed by atoms with Crippen molar-refractivity contribution in [3.05, 3.63) is 58.6 Å². The molecule has 7 nitrogen and oxygen atoms in total. The van der Waals surface area contributed by atoms with Crippen LogP contribution in [0.5, 0.6) is 0 Å². The van der Waals surface area contributed by atoms with Crippen molar-refractivity contribution in [3.63, 3.8) is 0 Å². The number of benzene rings is 1. The Morgan fingerprint density at radius 3 is 2.83 bits per heavy atom. The largest absolute Gasteiger partial charge is 0.379 e. The Balaban J connectivity index is 1.42. The predicted molar refractivity (Wildman–Crippen MR) is 115 cm³/mol. The van der Waals surface area contributed by atoms with Crippen LogP contribution in [-0.4, -0.2) is 64.7 Å². The fourth-order valence-electron chi connectivity index (χ4n) is 3.56. The van der Waals surface area contributed by atoms with E-state index >= 15 is 0 Å². The standard InChI is InChI=1S/C21H24BrN5O2/c22-17-13-16(14-23-15-17)21(28)24-6-5-20-25-18-3-1-2-4-19(18)27(20)8-7-26-9-11-29-12-10-26/h1-4,13-15H,5-12H2,(H,24,28). The van der Waals surface area contributed by atoms with Gasteiger partial charge in [-0.1, -0.05) is 12.1 Å². The first-order valence-electron chi connectivity index (χ1n) is 9.84. The molecular formula is C21H24BrN5O2. The number of para-hydroxylation sites is 2. The van der Waals surface area contributed by atoms with Gasteiger partial charge in [0.05, 0.1) is 29.8 Å². The number of fused-ring (bicyclic) bond motifs is 1. The number of ether oxygens (including phenoxy) is 1. The number of carbonyl (C=O) groups is 1. The summed E-state index contributed by atoms with van der Waals surface area (Å²) in [6.45, 7) is 5.90. The molecule has 0 spiro atoms. The van der Waals surface area contributed by atoms with Crippen molar-refractivity contribution < 1.29 is 9.53 Å². The Morgan fingerprint density at radius 1 is 1.17 bits per heavy atom. The molecule has 4 rings (SSSR count). The van der Waals surface area contributed by atoms with E-state index in [-0.39, 0.29) is 5.91 Å². The Bertz CT molecular complexity index is 984. The highest BCUT2D eigenvalue weighted by molar-refractivity contribution is 9.10. The van der Waals surface area contributed by atoms with Gasteiger partial charge in [0.2, 0.25) is 0 Å². The third kappa shape index (κ3) is 5.01. The molecule has 0 radical (unpaired) electrons. The minimum absolute atomic E-state index is 0.130. The maximum atomic E-state index is 12.4. The van der Waals surface area contributed by atoms with E-state index in [0.29, 0.717) is 18.5 Å². The zero-order valence-corrected chi connectivity index (χ0v) is 17.8. The maximum Gasteiger partial charge on any atom is 0.252 e. The number of nitrogens with zero attached hydrogens (tertiary/aromatic N) is 4. The van der Waals surface area contributed by atoms with E-state index in [2.05, 4.69) is 41.8 Å². The Morgan fingerprint density at radius 2 is 2.00 bits per heavy atom. The number of carbonyl (C=O) groups excluding carboxylic acids is 1. The lowest BCUT2D eigenvalue weighted by Gasteiger charge is -2.27. The van der Waals surface area contributed by atoms with Crippen molar-refractivity contribution in [1.29, 1.82) is 0 Å². The Hall–Kier alpha value is -2.29. The molecule has 1 aliphatic heterocycles. The second-order valence-electron chi connectivity index (χ2n) is 7.02. The van der Waals surface area contributed by atoms with Crippen LogP contribution in [0.4, 0.5) is 0 Å². The number of imidazole rings is 1. The molecule has 1 saturated heterocycles. The molecule has 0 atom stereocenters. The summed E-state index contributed by atoms with van der Waals surface area (Å²) in [6.07, 6.45) is 3.90. The molecule has 0 unspecified atom stereocenters. The number of morpholine rings is 1. The van der Waals surface area contributed by atoms with Gasteiger partial charge < -0.3 is 14.6 Å². The van der Waals surface area contributed by atoms with Gasteiger partial charge >= 0.3 is 0 Å². The summed E-state index contributed by atoms with van der Waals surface area (Å²) >= 11 is 3.35. The van der Waals surface area contributed by atoms with Gasteiger partial charge in [-0.25, -0.2) is 4.98 Å². The Kier molecular flexibility index (Phi) is 6.53. The van der Waals surface area contributed by atoms with Gasteiger partial charge in [-0.3, -0.25) is 14.7 Å². The van der Waals surface area contributed by atoms with Gasteiger partial charge in [-0.15, -0.1) is 0 Å². The van der Waals surface area contributed by atoms with Gasteiger partial charge in [0, 0.05) is 56.0 Å². The summed E-state index contributed by atoms with van der Waals surface area (Å²) in [4.78, 5) is 23.6. The zero-order valence-electron chi connectivity index (χ0n) is 16.2. The van der Waals surface area contributed by atoms with E-state index in [1.807, 2.05) is 18.2 Å². The summed E-state index contributed by atoms with van der Waals surface area (Å²) in [5.74, 6) is 0.863. The van der Waals surface area contributed by atoms with Gasteiger partial charge in [0.25, 0.3) is 5.91 Å². The van der Waals surface area contributed by atoms with Crippen LogP contribution < -0.4 is 5.32 Å². The minimum atomic E-state index is -0.130. The molecule has 152 valence electrons. The summed E-state index contributed by atoms with van der Waals surface area (Å²) < 4.78 is 8.50. The molecule has 0 bridgehead atoms. The molecule has 0 aliphatic carbocycles. The zero-order chi connectivity index (χ0) is 20.1. The van der Waals surface area contributed by atoms with Crippen LogP contribution in [0.15, 0.2) is 47.2 Å². The number of nitrogens with one attached hydrogen (secondary N) is 1. The number of hydrogen-bond acceptors (Lipinski definition) is 5. The highest BCUT2D eigenvalue weighted by Gasteiger charge is 2.14. The molecule has 3 aromatic rings. The monoisotopic (exact) mass is 457 g/mol. The van der Waals surface area contributed by atoms with Crippen molar-refractivity contribution in [2.75, 3.05) is 39.4 Å². The number of amides is 1. The highest BCUT2D eigenvalue weighted by Crippen LogP contribution is 2.17. The van der Waals surface area contributed by atoms with Crippen molar-refractivity contribution in [3.8, 4) is 0 Å². The fraction of sp³-hybridized carbons (Fsp3) is 0.381. The van der Waals surface area contributed by atoms with E-state index in [1.54, 1.807) is 18.5 Å². The SMILES string of the molecule is O=C(NCCc1nc2ccccc2n1CCN1CCOCC1)c1cncc(Br)c1. The van der Waals surface area contributed by atoms with Gasteiger partial charge in [-0.2, -0.15) is 0 Å². The third-order valence-electron chi connectivity index (χ3n) is 5.08. The smallest absolute Gasteiger partial charge is 0.252 e. The average molecular weight is 458 g/mol. The van der Waals surface area contributed by atoms with Crippen molar-refractivity contribution in [1.82, 2.24) is 24.8 Å². The molecule has 1 amide bonds. The average Bonchev–Trinajstić information content (AvgIpc) is 3.10. The molecule has 1 aliphatic rings. The minimum Gasteiger partial charge on any atom is -0.379 e. The van der Waals surface area contributed by atoms with Gasteiger partial charge in [0.15, 0.2) is 0 Å². The predicted octanol–water partition coefficient (Wildman–Crippen LogP) is 2.50. The summed E-state index contributed by atoms with van der Waals surface area (Å²) in [5.41, 5.74) is 2.67. The normalized spacial score (nSPS) is 14.9. The molecule has 2 aromatic heterocycles. The summed E-state index contributed by atoms with van der Waals surface area (Å²) in [6, 6.07) is 9.96. The van der Waals surface area contributed by atoms with Gasteiger partial charge in [-0.05, 0) is 34.1 Å². The van der Waals surface area contributed by atoms with Crippen LogP contribution in [0.2, 0.25) is 0 Å². The number of hydrogen-bond donors (Lipinski definition) is 1. The van der Waals surface area contributed by atoms with Crippen LogP contribution in [0.1, 0.15) is 16.2 Å². The van der Waals surface area contributed by atoms with Crippen LogP contribution in [0.25, 0.3) is 11.0 Å². The van der Waals surface area contributed by atoms with E-state index in [1.165, 1.54) is 0 Å². The number of halogens is 1. The molecular weight excluding hydrogens is 434 g/mol. The van der Waals surface area contributed by atoms with E-state index < -0.39 is 0 Å². The molecule has 29 heavy (non-hydrogen) atoms. The first-order chi connectivity index (χ1) is 14.2. The first-order valence-corrected chi connectivity index (χ1v) is 10.6. The van der Waals surface area contributed by atoms with Crippen molar-refractivity contribution in [2.45, 2.75) is 13.0 Å². The van der Waals surface area contributed by atoms with Crippen LogP contribution in [0, 0.1) is 0 Å². The Labute approximate surface area is 178 Å². The van der Waals surface area contributed by atoms with E-state index in [0.717, 1.165) is 60.7 Å². The van der Waals surface area contributed by atoms with Crippen LogP contribution in [-0.2, 0) is 17.7 Å². The second kappa shape index (κ2) is 9.47. The molecule has 1 N–H and O–H groups in total. The van der Waals surface area contributed by atoms with E-state index in [4.69, 9.17) is 9.72 Å². The second-order valence-corrected chi connectivity index (χ2v) is 7.94. The lowest BCUT2D eigenvalue weighted by molar-refractivity contribution is 0.0364. The molecule has 3 heterocycles. The topological polar surface area (TPSA) is 72.3 Å². The van der Waals surface area contributed by atoms with E-state index in [9.17, 15) is 4.79 Å². The lowest BCUT2D eigenvalue weighted by Crippen LogP contribution is -2.38. The van der Waals surface area contributed by atoms with Crippen LogP contribution >= 0.6 is 15.9 Å². The molecule has 1 fully saturated rings. The lowest BCUT2D eigenvalue weighted by atomic mass is 10.2. The fourth-order valence-corrected chi connectivity index (χ4v) is 3.92. The number of rotatable bonds is 7. The molecule has 8 heteroatoms. The summed E-state index contributed by atoms with van der Waals surface area (Å²) in [7, 11) is 0. The quantitative estimate of drug-likeness (QED) is 0.589. The van der Waals surface area contributed by atoms with Crippen LogP contribution in [0.3, 0.4) is 0 Å². The van der Waals surface area contributed by atoms with Gasteiger partial charge in [0.1, 0.15) is 5.82 Å². The maximum absolute atomic E-state index is 12.4. The van der Waals surface area contributed by atoms with Crippen molar-refractivity contribution in [2.24, 2.45) is 0 Å². The summed E-state index contributed by atoms with van der Waals surface area (Å²) in [5, 5.41) is 2.97. The molecule has 1 aromatic carbocycles.